The third-order valence-corrected chi connectivity index (χ3v) is 9.50. The molecule has 5 heteroatoms. The molecule has 1 unspecified atom stereocenters. The van der Waals surface area contributed by atoms with E-state index in [0.29, 0.717) is 22.0 Å². The van der Waals surface area contributed by atoms with E-state index in [1.807, 2.05) is 97.7 Å². The van der Waals surface area contributed by atoms with Crippen molar-refractivity contribution < 1.29 is 4.19 Å². The van der Waals surface area contributed by atoms with Crippen molar-refractivity contribution in [2.45, 2.75) is 18.1 Å². The molecule has 4 aromatic rings. The van der Waals surface area contributed by atoms with Crippen LogP contribution in [0.1, 0.15) is 11.4 Å². The molecule has 3 aromatic carbocycles. The summed E-state index contributed by atoms with van der Waals surface area (Å²) in [6.07, 6.45) is 3.79. The van der Waals surface area contributed by atoms with Crippen molar-refractivity contribution in [2.75, 3.05) is 0 Å². The minimum atomic E-state index is -2.81. The second kappa shape index (κ2) is 8.41. The van der Waals surface area contributed by atoms with Crippen LogP contribution in [-0.4, -0.2) is 26.9 Å². The average molecular weight is 463 g/mol. The molecule has 0 aliphatic carbocycles. The monoisotopic (exact) mass is 464 g/mol. The quantitative estimate of drug-likeness (QED) is 0.452. The van der Waals surface area contributed by atoms with Gasteiger partial charge in [0, 0.05) is 0 Å². The van der Waals surface area contributed by atoms with Gasteiger partial charge in [-0.25, -0.2) is 0 Å². The Labute approximate surface area is 178 Å². The topological polar surface area (TPSA) is 55.1 Å². The van der Waals surface area contributed by atoms with Crippen molar-refractivity contribution >= 4 is 34.6 Å². The molecule has 4 rings (SSSR count). The number of benzene rings is 3. The molecule has 0 spiro atoms. The summed E-state index contributed by atoms with van der Waals surface area (Å²) in [5.41, 5.74) is 2.47. The maximum atomic E-state index is 13.3. The van der Waals surface area contributed by atoms with Crippen LogP contribution in [0, 0.1) is 6.92 Å². The molecule has 1 N–H and O–H groups in total. The second-order valence-corrected chi connectivity index (χ2v) is 13.4. The number of nitrogens with zero attached hydrogens (tertiary/aromatic N) is 2. The molecule has 30 heavy (non-hydrogen) atoms. The van der Waals surface area contributed by atoms with Gasteiger partial charge >= 0.3 is 179 Å². The van der Waals surface area contributed by atoms with E-state index in [1.54, 1.807) is 10.6 Å². The summed E-state index contributed by atoms with van der Waals surface area (Å²) in [6, 6.07) is 25.0. The van der Waals surface area contributed by atoms with Gasteiger partial charge in [0.2, 0.25) is 0 Å². The fourth-order valence-electron chi connectivity index (χ4n) is 3.36. The van der Waals surface area contributed by atoms with Crippen LogP contribution in [0.2, 0.25) is 11.1 Å². The zero-order chi connectivity index (χ0) is 21.1. The molecule has 1 aromatic heterocycles. The molecular weight excluding hydrogens is 439 g/mol. The van der Waals surface area contributed by atoms with E-state index in [-0.39, 0.29) is 5.56 Å². The first-order valence-electron chi connectivity index (χ1n) is 9.75. The van der Waals surface area contributed by atoms with Crippen LogP contribution in [0.25, 0.3) is 22.7 Å². The Hall–Kier alpha value is -2.98. The number of rotatable bonds is 5. The molecule has 1 atom stereocenters. The van der Waals surface area contributed by atoms with E-state index in [0.717, 1.165) is 15.7 Å². The summed E-state index contributed by atoms with van der Waals surface area (Å²) in [7, 11) is 0. The zero-order valence-corrected chi connectivity index (χ0v) is 18.7. The van der Waals surface area contributed by atoms with Crippen LogP contribution in [0.4, 0.5) is 0 Å². The Morgan fingerprint density at radius 1 is 0.967 bits per heavy atom. The van der Waals surface area contributed by atoms with Gasteiger partial charge in [-0.05, 0) is 0 Å². The molecule has 0 aliphatic heterocycles. The van der Waals surface area contributed by atoms with Crippen LogP contribution >= 0.6 is 0 Å². The molecule has 1 heterocycles. The summed E-state index contributed by atoms with van der Waals surface area (Å²) < 4.78 is 13.7. The number of para-hydroxylation sites is 1. The molecule has 0 bridgehead atoms. The van der Waals surface area contributed by atoms with Gasteiger partial charge < -0.3 is 0 Å². The van der Waals surface area contributed by atoms with Gasteiger partial charge in [-0.2, -0.15) is 0 Å². The molecule has 152 valence electrons. The van der Waals surface area contributed by atoms with Gasteiger partial charge in [0.05, 0.1) is 0 Å². The summed E-state index contributed by atoms with van der Waals surface area (Å²) in [4.78, 5) is 18.0. The summed E-state index contributed by atoms with van der Waals surface area (Å²) in [6.45, 7) is 2.02. The van der Waals surface area contributed by atoms with Gasteiger partial charge in [-0.15, -0.1) is 0 Å². The Bertz CT molecular complexity index is 1260. The number of aryl methyl sites for hydroxylation is 1. The van der Waals surface area contributed by atoms with Crippen LogP contribution < -0.4 is 10.0 Å². The van der Waals surface area contributed by atoms with E-state index in [1.165, 1.54) is 0 Å². The number of hydrogen-bond acceptors (Lipinski definition) is 3. The van der Waals surface area contributed by atoms with E-state index in [9.17, 15) is 8.98 Å². The van der Waals surface area contributed by atoms with Crippen LogP contribution in [0.15, 0.2) is 89.7 Å². The SMILES string of the molecule is Cc1ccc(-n2c(/C=C/C[Se](C)(O)c3ccccc3)nc3ccccc3c2=O)cc1. The molecule has 0 saturated heterocycles. The number of allylic oxidation sites excluding steroid dienone is 1. The van der Waals surface area contributed by atoms with Crippen LogP contribution in [-0.2, 0) is 0 Å². The standard InChI is InChI=1S/C25H24N2O2Se/c1-19-14-16-20(17-15-19)27-24(26-23-12-7-6-11-22(23)25(27)28)13-8-18-30(2,29)21-9-4-3-5-10-21/h3-17,29H,18H2,1-2H3/b13-8+. The Kier molecular flexibility index (Phi) is 5.69. The minimum absolute atomic E-state index is 0.0994. The second-order valence-electron chi connectivity index (χ2n) is 7.39. The Balaban J connectivity index is 1.77. The van der Waals surface area contributed by atoms with Crippen LogP contribution in [0.3, 0.4) is 0 Å². The molecule has 0 aliphatic rings. The normalized spacial score (nSPS) is 14.6. The fourth-order valence-corrected chi connectivity index (χ4v) is 6.31. The van der Waals surface area contributed by atoms with E-state index < -0.39 is 13.2 Å². The van der Waals surface area contributed by atoms with Gasteiger partial charge in [0.15, 0.2) is 0 Å². The first kappa shape index (κ1) is 20.3. The Morgan fingerprint density at radius 3 is 2.37 bits per heavy atom. The third-order valence-electron chi connectivity index (χ3n) is 5.03. The molecule has 0 fully saturated rings. The molecule has 4 nitrogen and oxygen atoms in total. The van der Waals surface area contributed by atoms with Gasteiger partial charge in [-0.3, -0.25) is 0 Å². The van der Waals surface area contributed by atoms with Gasteiger partial charge in [0.25, 0.3) is 0 Å². The maximum absolute atomic E-state index is 13.3. The predicted molar refractivity (Wildman–Crippen MR) is 126 cm³/mol. The first-order valence-corrected chi connectivity index (χ1v) is 14.3. The van der Waals surface area contributed by atoms with Crippen molar-refractivity contribution in [2.24, 2.45) is 0 Å². The van der Waals surface area contributed by atoms with Crippen molar-refractivity contribution in [3.8, 4) is 5.69 Å². The summed E-state index contributed by atoms with van der Waals surface area (Å²) in [5, 5.41) is 1.14. The first-order chi connectivity index (χ1) is 14.5. The molecule has 0 radical (unpaired) electrons. The van der Waals surface area contributed by atoms with Crippen molar-refractivity contribution in [1.29, 1.82) is 0 Å². The average Bonchev–Trinajstić information content (AvgIpc) is 2.75. The van der Waals surface area contributed by atoms with Crippen molar-refractivity contribution in [3.63, 3.8) is 0 Å². The number of fused-ring (bicyclic) bond motifs is 1. The van der Waals surface area contributed by atoms with E-state index in [2.05, 4.69) is 0 Å². The number of aromatic nitrogens is 2. The van der Waals surface area contributed by atoms with Crippen molar-refractivity contribution in [3.05, 3.63) is 107 Å². The predicted octanol–water partition coefficient (Wildman–Crippen LogP) is 4.18. The molecule has 0 saturated carbocycles. The third kappa shape index (κ3) is 4.14. The zero-order valence-electron chi connectivity index (χ0n) is 17.0. The van der Waals surface area contributed by atoms with E-state index >= 15 is 0 Å². The fraction of sp³-hybridized carbons (Fsp3) is 0.120. The van der Waals surface area contributed by atoms with Crippen LogP contribution in [0.5, 0.6) is 0 Å². The number of hydrogen-bond donors (Lipinski definition) is 1. The van der Waals surface area contributed by atoms with E-state index in [4.69, 9.17) is 4.98 Å². The summed E-state index contributed by atoms with van der Waals surface area (Å²) in [5.74, 6) is 2.50. The van der Waals surface area contributed by atoms with Crippen molar-refractivity contribution in [1.82, 2.24) is 9.55 Å². The Morgan fingerprint density at radius 2 is 1.63 bits per heavy atom. The molecular formula is C25H24N2O2Se. The summed E-state index contributed by atoms with van der Waals surface area (Å²) >= 11 is -2.81. The van der Waals surface area contributed by atoms with Gasteiger partial charge in [-0.1, -0.05) is 0 Å². The molecule has 0 amide bonds. The van der Waals surface area contributed by atoms with Gasteiger partial charge in [0.1, 0.15) is 0 Å².